The molecule has 18 heavy (non-hydrogen) atoms. The first kappa shape index (κ1) is 15.0. The molecule has 102 valence electrons. The third-order valence-electron chi connectivity index (χ3n) is 2.94. The molecule has 0 aliphatic heterocycles. The fourth-order valence-corrected chi connectivity index (χ4v) is 2.07. The Morgan fingerprint density at radius 3 is 2.33 bits per heavy atom. The molecule has 2 unspecified atom stereocenters. The predicted molar refractivity (Wildman–Crippen MR) is 72.8 cm³/mol. The van der Waals surface area contributed by atoms with Gasteiger partial charge in [0.15, 0.2) is 0 Å². The second-order valence-electron chi connectivity index (χ2n) is 5.43. The molecule has 3 heteroatoms. The number of hydrogen-bond acceptors (Lipinski definition) is 3. The molecule has 3 nitrogen and oxygen atoms in total. The van der Waals surface area contributed by atoms with Crippen molar-refractivity contribution < 1.29 is 14.6 Å². The van der Waals surface area contributed by atoms with Gasteiger partial charge in [-0.2, -0.15) is 0 Å². The quantitative estimate of drug-likeness (QED) is 0.874. The molecule has 1 N–H and O–H groups in total. The van der Waals surface area contributed by atoms with Crippen LogP contribution in [-0.2, 0) is 4.74 Å². The van der Waals surface area contributed by atoms with Crippen molar-refractivity contribution in [2.24, 2.45) is 5.41 Å². The van der Waals surface area contributed by atoms with E-state index < -0.39 is 6.10 Å². The Kier molecular flexibility index (Phi) is 5.17. The molecular weight excluding hydrogens is 228 g/mol. The van der Waals surface area contributed by atoms with Crippen LogP contribution in [0.15, 0.2) is 24.3 Å². The monoisotopic (exact) mass is 252 g/mol. The van der Waals surface area contributed by atoms with Crippen molar-refractivity contribution in [3.8, 4) is 5.75 Å². The third kappa shape index (κ3) is 3.47. The molecular formula is C15H24O3. The Morgan fingerprint density at radius 1 is 1.22 bits per heavy atom. The van der Waals surface area contributed by atoms with Gasteiger partial charge in [0.2, 0.25) is 0 Å². The molecule has 1 aromatic rings. The SMILES string of the molecule is CCOC(C(O)c1ccccc1OC)C(C)(C)C. The minimum atomic E-state index is -0.693. The zero-order chi connectivity index (χ0) is 13.8. The van der Waals surface area contributed by atoms with Crippen LogP contribution in [0.3, 0.4) is 0 Å². The van der Waals surface area contributed by atoms with Crippen molar-refractivity contribution >= 4 is 0 Å². The molecule has 1 aromatic carbocycles. The normalized spacial score (nSPS) is 15.2. The largest absolute Gasteiger partial charge is 0.496 e. The fourth-order valence-electron chi connectivity index (χ4n) is 2.07. The van der Waals surface area contributed by atoms with Crippen molar-refractivity contribution in [1.29, 1.82) is 0 Å². The average molecular weight is 252 g/mol. The molecule has 2 atom stereocenters. The Bertz CT molecular complexity index is 368. The molecule has 0 bridgehead atoms. The number of benzene rings is 1. The first-order valence-electron chi connectivity index (χ1n) is 6.34. The highest BCUT2D eigenvalue weighted by Crippen LogP contribution is 2.36. The van der Waals surface area contributed by atoms with Crippen LogP contribution in [0, 0.1) is 5.41 Å². The summed E-state index contributed by atoms with van der Waals surface area (Å²) in [6.07, 6.45) is -0.958. The van der Waals surface area contributed by atoms with Gasteiger partial charge in [-0.25, -0.2) is 0 Å². The maximum absolute atomic E-state index is 10.6. The fraction of sp³-hybridized carbons (Fsp3) is 0.600. The molecule has 0 aliphatic carbocycles. The van der Waals surface area contributed by atoms with Crippen LogP contribution in [-0.4, -0.2) is 24.9 Å². The van der Waals surface area contributed by atoms with Gasteiger partial charge < -0.3 is 14.6 Å². The van der Waals surface area contributed by atoms with Gasteiger partial charge in [-0.3, -0.25) is 0 Å². The van der Waals surface area contributed by atoms with E-state index in [1.54, 1.807) is 7.11 Å². The summed E-state index contributed by atoms with van der Waals surface area (Å²) in [4.78, 5) is 0. The summed E-state index contributed by atoms with van der Waals surface area (Å²) in [5.41, 5.74) is 0.629. The first-order chi connectivity index (χ1) is 8.41. The number of aliphatic hydroxyl groups is 1. The smallest absolute Gasteiger partial charge is 0.124 e. The molecule has 0 fully saturated rings. The highest BCUT2D eigenvalue weighted by atomic mass is 16.5. The molecule has 0 spiro atoms. The Morgan fingerprint density at radius 2 is 1.83 bits per heavy atom. The van der Waals surface area contributed by atoms with Gasteiger partial charge in [-0.05, 0) is 18.4 Å². The third-order valence-corrected chi connectivity index (χ3v) is 2.94. The van der Waals surface area contributed by atoms with Crippen molar-refractivity contribution in [3.63, 3.8) is 0 Å². The average Bonchev–Trinajstić information content (AvgIpc) is 2.33. The zero-order valence-electron chi connectivity index (χ0n) is 11.9. The van der Waals surface area contributed by atoms with Crippen LogP contribution in [0.1, 0.15) is 39.4 Å². The highest BCUT2D eigenvalue weighted by Gasteiger charge is 2.34. The maximum atomic E-state index is 10.6. The van der Waals surface area contributed by atoms with E-state index >= 15 is 0 Å². The lowest BCUT2D eigenvalue weighted by Crippen LogP contribution is -2.35. The second kappa shape index (κ2) is 6.21. The highest BCUT2D eigenvalue weighted by molar-refractivity contribution is 5.35. The Balaban J connectivity index is 3.05. The van der Waals surface area contributed by atoms with E-state index in [4.69, 9.17) is 9.47 Å². The summed E-state index contributed by atoms with van der Waals surface area (Å²) in [5.74, 6) is 0.693. The van der Waals surface area contributed by atoms with Crippen LogP contribution in [0.2, 0.25) is 0 Å². The Labute approximate surface area is 110 Å². The lowest BCUT2D eigenvalue weighted by Gasteiger charge is -2.34. The number of ether oxygens (including phenoxy) is 2. The number of aliphatic hydroxyl groups excluding tert-OH is 1. The Hall–Kier alpha value is -1.06. The minimum Gasteiger partial charge on any atom is -0.496 e. The number of methoxy groups -OCH3 is 1. The molecule has 0 aromatic heterocycles. The van der Waals surface area contributed by atoms with E-state index in [9.17, 15) is 5.11 Å². The van der Waals surface area contributed by atoms with E-state index in [0.29, 0.717) is 12.4 Å². The van der Waals surface area contributed by atoms with Gasteiger partial charge in [0.1, 0.15) is 11.9 Å². The predicted octanol–water partition coefficient (Wildman–Crippen LogP) is 3.18. The van der Waals surface area contributed by atoms with Crippen LogP contribution < -0.4 is 4.74 Å². The van der Waals surface area contributed by atoms with Gasteiger partial charge in [0, 0.05) is 12.2 Å². The molecule has 0 amide bonds. The number of hydrogen-bond donors (Lipinski definition) is 1. The van der Waals surface area contributed by atoms with E-state index in [1.165, 1.54) is 0 Å². The molecule has 0 saturated carbocycles. The molecule has 1 rings (SSSR count). The lowest BCUT2D eigenvalue weighted by molar-refractivity contribution is -0.0904. The number of rotatable bonds is 5. The van der Waals surface area contributed by atoms with Crippen LogP contribution in [0.4, 0.5) is 0 Å². The topological polar surface area (TPSA) is 38.7 Å². The molecule has 0 saturated heterocycles. The summed E-state index contributed by atoms with van der Waals surface area (Å²) in [6.45, 7) is 8.70. The first-order valence-corrected chi connectivity index (χ1v) is 6.34. The summed E-state index contributed by atoms with van der Waals surface area (Å²) >= 11 is 0. The van der Waals surface area contributed by atoms with Gasteiger partial charge in [0.05, 0.1) is 13.2 Å². The van der Waals surface area contributed by atoms with E-state index in [0.717, 1.165) is 5.56 Å². The second-order valence-corrected chi connectivity index (χ2v) is 5.43. The summed E-state index contributed by atoms with van der Waals surface area (Å²) in [5, 5.41) is 10.6. The van der Waals surface area contributed by atoms with Crippen molar-refractivity contribution in [1.82, 2.24) is 0 Å². The van der Waals surface area contributed by atoms with E-state index in [-0.39, 0.29) is 11.5 Å². The molecule has 0 radical (unpaired) electrons. The zero-order valence-corrected chi connectivity index (χ0v) is 11.9. The molecule has 0 heterocycles. The standard InChI is InChI=1S/C15H24O3/c1-6-18-14(15(2,3)4)13(16)11-9-7-8-10-12(11)17-5/h7-10,13-14,16H,6H2,1-5H3. The van der Waals surface area contributed by atoms with Crippen molar-refractivity contribution in [2.45, 2.75) is 39.9 Å². The molecule has 0 aliphatic rings. The van der Waals surface area contributed by atoms with Crippen molar-refractivity contribution in [3.05, 3.63) is 29.8 Å². The minimum absolute atomic E-state index is 0.143. The van der Waals surface area contributed by atoms with Gasteiger partial charge in [-0.15, -0.1) is 0 Å². The van der Waals surface area contributed by atoms with Crippen LogP contribution in [0.25, 0.3) is 0 Å². The lowest BCUT2D eigenvalue weighted by atomic mass is 9.83. The van der Waals surface area contributed by atoms with Gasteiger partial charge in [-0.1, -0.05) is 39.0 Å². The number of para-hydroxylation sites is 1. The summed E-state index contributed by atoms with van der Waals surface area (Å²) in [7, 11) is 1.61. The van der Waals surface area contributed by atoms with Crippen molar-refractivity contribution in [2.75, 3.05) is 13.7 Å². The van der Waals surface area contributed by atoms with Crippen LogP contribution in [0.5, 0.6) is 5.75 Å². The summed E-state index contributed by atoms with van der Waals surface area (Å²) in [6, 6.07) is 7.51. The van der Waals surface area contributed by atoms with E-state index in [1.807, 2.05) is 31.2 Å². The maximum Gasteiger partial charge on any atom is 0.124 e. The van der Waals surface area contributed by atoms with Crippen LogP contribution >= 0.6 is 0 Å². The summed E-state index contributed by atoms with van der Waals surface area (Å²) < 4.78 is 11.0. The van der Waals surface area contributed by atoms with E-state index in [2.05, 4.69) is 20.8 Å². The van der Waals surface area contributed by atoms with Gasteiger partial charge in [0.25, 0.3) is 0 Å². The van der Waals surface area contributed by atoms with Gasteiger partial charge >= 0.3 is 0 Å².